The lowest BCUT2D eigenvalue weighted by Crippen LogP contribution is -2.54. The Morgan fingerprint density at radius 3 is 2.44 bits per heavy atom. The minimum atomic E-state index is -1.10. The summed E-state index contributed by atoms with van der Waals surface area (Å²) < 4.78 is 13.1. The molecule has 2 saturated heterocycles. The van der Waals surface area contributed by atoms with E-state index in [9.17, 15) is 33.6 Å². The number of fused-ring (bicyclic) bond motifs is 2. The fourth-order valence-corrected chi connectivity index (χ4v) is 8.66. The van der Waals surface area contributed by atoms with Gasteiger partial charge in [-0.05, 0) is 62.9 Å². The summed E-state index contributed by atoms with van der Waals surface area (Å²) in [5, 5.41) is 8.76. The van der Waals surface area contributed by atoms with Gasteiger partial charge in [0.15, 0.2) is 12.4 Å². The molecule has 4 aliphatic rings. The molecule has 3 N–H and O–H groups in total. The third-order valence-corrected chi connectivity index (χ3v) is 11.9. The second-order valence-electron chi connectivity index (χ2n) is 15.8. The van der Waals surface area contributed by atoms with E-state index in [2.05, 4.69) is 35.7 Å². The number of benzene rings is 1. The maximum absolute atomic E-state index is 13.5. The van der Waals surface area contributed by atoms with E-state index in [1.807, 2.05) is 18.3 Å². The lowest BCUT2D eigenvalue weighted by molar-refractivity contribution is -0.136. The van der Waals surface area contributed by atoms with Crippen LogP contribution < -0.4 is 31.1 Å². The number of hydrogen-bond donors (Lipinski definition) is 3. The van der Waals surface area contributed by atoms with Crippen LogP contribution in [0, 0.1) is 6.92 Å². The number of rotatable bonds is 15. The first kappa shape index (κ1) is 42.1. The molecule has 62 heavy (non-hydrogen) atoms. The van der Waals surface area contributed by atoms with Crippen molar-refractivity contribution in [2.45, 2.75) is 64.5 Å². The Morgan fingerprint density at radius 2 is 1.71 bits per heavy atom. The highest BCUT2D eigenvalue weighted by atomic mass is 16.5. The van der Waals surface area contributed by atoms with E-state index in [-0.39, 0.29) is 65.8 Å². The molecule has 19 heteroatoms. The lowest BCUT2D eigenvalue weighted by atomic mass is 10.0. The van der Waals surface area contributed by atoms with Gasteiger partial charge in [0.2, 0.25) is 17.8 Å². The minimum Gasteiger partial charge on any atom is -0.483 e. The Kier molecular flexibility index (Phi) is 12.3. The third kappa shape index (κ3) is 8.62. The molecule has 3 aromatic heterocycles. The molecule has 1 aliphatic carbocycles. The van der Waals surface area contributed by atoms with Crippen molar-refractivity contribution >= 4 is 63.8 Å². The number of piperidine rings is 1. The Balaban J connectivity index is 0.750. The average Bonchev–Trinajstić information content (AvgIpc) is 3.88. The quantitative estimate of drug-likeness (QED) is 0.0886. The molecule has 0 spiro atoms. The number of anilines is 3. The summed E-state index contributed by atoms with van der Waals surface area (Å²) in [7, 11) is 0. The fraction of sp³-hybridized carbons (Fsp3) is 0.442. The Bertz CT molecular complexity index is 2490. The minimum absolute atomic E-state index is 0.00922. The summed E-state index contributed by atoms with van der Waals surface area (Å²) in [6.45, 7) is 7.81. The van der Waals surface area contributed by atoms with E-state index in [4.69, 9.17) is 14.5 Å². The highest BCUT2D eigenvalue weighted by molar-refractivity contribution is 6.24. The zero-order valence-corrected chi connectivity index (χ0v) is 34.6. The molecule has 0 bridgehead atoms. The van der Waals surface area contributed by atoms with Gasteiger partial charge < -0.3 is 25.0 Å². The molecule has 4 aromatic rings. The van der Waals surface area contributed by atoms with Crippen LogP contribution in [0.3, 0.4) is 0 Å². The molecular formula is C43H48N10O9. The highest BCUT2D eigenvalue weighted by Gasteiger charge is 2.46. The smallest absolute Gasteiger partial charge is 0.266 e. The topological polar surface area (TPSA) is 227 Å². The van der Waals surface area contributed by atoms with Gasteiger partial charge in [-0.15, -0.1) is 0 Å². The van der Waals surface area contributed by atoms with Gasteiger partial charge in [0, 0.05) is 63.3 Å². The van der Waals surface area contributed by atoms with Crippen LogP contribution >= 0.6 is 0 Å². The number of nitrogens with one attached hydrogen (secondary N) is 3. The summed E-state index contributed by atoms with van der Waals surface area (Å²) in [4.78, 5) is 108. The molecule has 3 fully saturated rings. The van der Waals surface area contributed by atoms with E-state index in [1.54, 1.807) is 17.7 Å². The summed E-state index contributed by atoms with van der Waals surface area (Å²) in [5.74, 6) is -2.30. The Labute approximate surface area is 356 Å². The summed E-state index contributed by atoms with van der Waals surface area (Å²) in [6, 6.07) is 7.22. The van der Waals surface area contributed by atoms with E-state index in [1.165, 1.54) is 25.1 Å². The van der Waals surface area contributed by atoms with Crippen molar-refractivity contribution in [1.29, 1.82) is 0 Å². The van der Waals surface area contributed by atoms with Gasteiger partial charge in [-0.2, -0.15) is 4.98 Å². The van der Waals surface area contributed by atoms with Gasteiger partial charge in [0.25, 0.3) is 23.3 Å². The SMILES string of the molecule is CC(=O)c1c(C)c2cnc(Nc3ccc(N4CCN(CCOCCNC(=O)COc5cccc6c5C(=O)N(C5CCC(=O)NC5=O)C6=O)CC4)cn3)nc2n(C2CCCC2)c1=O. The maximum Gasteiger partial charge on any atom is 0.266 e. The van der Waals surface area contributed by atoms with Gasteiger partial charge >= 0.3 is 0 Å². The molecule has 0 radical (unpaired) electrons. The number of pyridine rings is 2. The van der Waals surface area contributed by atoms with Crippen LogP contribution in [0.4, 0.5) is 17.5 Å². The number of aryl methyl sites for hydroxylation is 1. The number of piperazine rings is 1. The van der Waals surface area contributed by atoms with Crippen LogP contribution in [0.2, 0.25) is 0 Å². The molecule has 1 atom stereocenters. The second kappa shape index (κ2) is 18.2. The summed E-state index contributed by atoms with van der Waals surface area (Å²) in [6.07, 6.45) is 7.30. The Morgan fingerprint density at radius 1 is 0.919 bits per heavy atom. The van der Waals surface area contributed by atoms with Crippen LogP contribution in [-0.4, -0.2) is 130 Å². The van der Waals surface area contributed by atoms with E-state index >= 15 is 0 Å². The molecule has 1 aromatic carbocycles. The van der Waals surface area contributed by atoms with Crippen molar-refractivity contribution in [3.8, 4) is 5.75 Å². The zero-order valence-electron chi connectivity index (χ0n) is 34.6. The molecule has 5 amide bonds. The number of carbonyl (C=O) groups is 6. The molecule has 1 saturated carbocycles. The number of amides is 5. The van der Waals surface area contributed by atoms with Crippen molar-refractivity contribution in [2.24, 2.45) is 0 Å². The standard InChI is InChI=1S/C43H48N10O9/c1-25-30-23-46-43(49-38(30)52(27-6-3-4-7-27)41(59)36(25)26(2)54)47-33-12-10-28(22-45-33)51-17-15-50(16-18-51)19-21-61-20-14-44-35(56)24-62-32-9-5-8-29-37(32)42(60)53(40(29)58)31-11-13-34(55)48-39(31)57/h5,8-10,12,22-23,27,31H,3-4,6-7,11,13-21,24H2,1-2H3,(H,44,56)(H,48,55,57)(H,45,46,47,49). The molecule has 8 rings (SSSR count). The van der Waals surface area contributed by atoms with Gasteiger partial charge in [0.05, 0.1) is 41.8 Å². The number of Topliss-reactive ketones (excluding diaryl/α,β-unsaturated/α-hetero) is 1. The second-order valence-corrected chi connectivity index (χ2v) is 15.8. The number of ketones is 1. The van der Waals surface area contributed by atoms with Gasteiger partial charge in [-0.25, -0.2) is 9.97 Å². The highest BCUT2D eigenvalue weighted by Crippen LogP contribution is 2.34. The van der Waals surface area contributed by atoms with Crippen LogP contribution in [0.1, 0.15) is 88.1 Å². The average molecular weight is 849 g/mol. The van der Waals surface area contributed by atoms with Crippen molar-refractivity contribution in [2.75, 3.05) is 69.3 Å². The number of ether oxygens (including phenoxy) is 2. The van der Waals surface area contributed by atoms with Crippen LogP contribution in [0.25, 0.3) is 11.0 Å². The molecule has 3 aliphatic heterocycles. The number of carbonyl (C=O) groups excluding carboxylic acids is 6. The Hall–Kier alpha value is -6.60. The van der Waals surface area contributed by atoms with Crippen LogP contribution in [-0.2, 0) is 19.1 Å². The zero-order chi connectivity index (χ0) is 43.5. The number of hydrogen-bond acceptors (Lipinski definition) is 15. The van der Waals surface area contributed by atoms with Gasteiger partial charge in [-0.1, -0.05) is 18.9 Å². The van der Waals surface area contributed by atoms with E-state index in [0.29, 0.717) is 35.0 Å². The number of nitrogens with zero attached hydrogens (tertiary/aromatic N) is 7. The maximum atomic E-state index is 13.5. The third-order valence-electron chi connectivity index (χ3n) is 11.9. The predicted octanol–water partition coefficient (Wildman–Crippen LogP) is 2.29. The lowest BCUT2D eigenvalue weighted by Gasteiger charge is -2.35. The molecule has 324 valence electrons. The van der Waals surface area contributed by atoms with Crippen LogP contribution in [0.5, 0.6) is 5.75 Å². The van der Waals surface area contributed by atoms with E-state index < -0.39 is 42.2 Å². The summed E-state index contributed by atoms with van der Waals surface area (Å²) >= 11 is 0. The van der Waals surface area contributed by atoms with Crippen molar-refractivity contribution in [1.82, 2.24) is 40.0 Å². The van der Waals surface area contributed by atoms with Crippen molar-refractivity contribution in [3.63, 3.8) is 0 Å². The van der Waals surface area contributed by atoms with Gasteiger partial charge in [0.1, 0.15) is 23.3 Å². The van der Waals surface area contributed by atoms with E-state index in [0.717, 1.165) is 69.0 Å². The van der Waals surface area contributed by atoms with Crippen molar-refractivity contribution in [3.05, 3.63) is 75.3 Å². The van der Waals surface area contributed by atoms with Crippen molar-refractivity contribution < 1.29 is 38.2 Å². The fourth-order valence-electron chi connectivity index (χ4n) is 8.66. The number of aromatic nitrogens is 4. The largest absolute Gasteiger partial charge is 0.483 e. The first-order valence-corrected chi connectivity index (χ1v) is 20.9. The van der Waals surface area contributed by atoms with Crippen LogP contribution in [0.15, 0.2) is 47.5 Å². The predicted molar refractivity (Wildman–Crippen MR) is 225 cm³/mol. The molecule has 19 nitrogen and oxygen atoms in total. The first-order chi connectivity index (χ1) is 30.0. The summed E-state index contributed by atoms with van der Waals surface area (Å²) in [5.41, 5.74) is 2.05. The molecule has 6 heterocycles. The normalized spacial score (nSPS) is 18.3. The molecule has 1 unspecified atom stereocenters. The molecular weight excluding hydrogens is 801 g/mol. The monoisotopic (exact) mass is 848 g/mol. The first-order valence-electron chi connectivity index (χ1n) is 20.9. The number of imide groups is 2. The van der Waals surface area contributed by atoms with Gasteiger partial charge in [-0.3, -0.25) is 53.2 Å².